The van der Waals surface area contributed by atoms with Gasteiger partial charge in [-0.2, -0.15) is 0 Å². The van der Waals surface area contributed by atoms with Gasteiger partial charge in [0.15, 0.2) is 0 Å². The zero-order chi connectivity index (χ0) is 13.9. The van der Waals surface area contributed by atoms with Crippen LogP contribution in [0.2, 0.25) is 0 Å². The fourth-order valence-electron chi connectivity index (χ4n) is 3.44. The van der Waals surface area contributed by atoms with Crippen LogP contribution < -0.4 is 11.1 Å². The Labute approximate surface area is 120 Å². The molecular weight excluding hydrogens is 250 g/mol. The number of carbonyl (C=O) groups excluding carboxylic acids is 1. The van der Waals surface area contributed by atoms with E-state index in [-0.39, 0.29) is 5.91 Å². The van der Waals surface area contributed by atoms with Crippen molar-refractivity contribution in [2.24, 2.45) is 17.6 Å². The maximum atomic E-state index is 12.6. The highest BCUT2D eigenvalue weighted by Gasteiger charge is 2.32. The molecule has 4 nitrogen and oxygen atoms in total. The second-order valence-electron chi connectivity index (χ2n) is 5.97. The lowest BCUT2D eigenvalue weighted by molar-refractivity contribution is -0.132. The first-order chi connectivity index (χ1) is 9.75. The molecule has 2 saturated heterocycles. The van der Waals surface area contributed by atoms with Crippen LogP contribution in [-0.2, 0) is 4.79 Å². The molecule has 20 heavy (non-hydrogen) atoms. The quantitative estimate of drug-likeness (QED) is 0.849. The summed E-state index contributed by atoms with van der Waals surface area (Å²) in [4.78, 5) is 14.5. The topological polar surface area (TPSA) is 58.4 Å². The van der Waals surface area contributed by atoms with E-state index in [1.165, 1.54) is 0 Å². The number of likely N-dealkylation sites (tertiary alicyclic amines) is 1. The van der Waals surface area contributed by atoms with Crippen molar-refractivity contribution in [3.05, 3.63) is 35.9 Å². The van der Waals surface area contributed by atoms with Crippen LogP contribution in [0.3, 0.4) is 0 Å². The van der Waals surface area contributed by atoms with E-state index in [9.17, 15) is 4.79 Å². The highest BCUT2D eigenvalue weighted by Crippen LogP contribution is 2.28. The SMILES string of the molecule is NC(C(=O)N1CC[C@@H]2CNC[C@@H]2CC1)c1ccccc1. The summed E-state index contributed by atoms with van der Waals surface area (Å²) < 4.78 is 0. The van der Waals surface area contributed by atoms with E-state index in [0.29, 0.717) is 0 Å². The molecule has 0 radical (unpaired) electrons. The molecule has 3 rings (SSSR count). The molecule has 108 valence electrons. The second kappa shape index (κ2) is 5.94. The van der Waals surface area contributed by atoms with Gasteiger partial charge >= 0.3 is 0 Å². The van der Waals surface area contributed by atoms with Crippen molar-refractivity contribution < 1.29 is 4.79 Å². The number of benzene rings is 1. The molecule has 3 N–H and O–H groups in total. The van der Waals surface area contributed by atoms with Gasteiger partial charge in [0.25, 0.3) is 0 Å². The van der Waals surface area contributed by atoms with Gasteiger partial charge in [-0.25, -0.2) is 0 Å². The Bertz CT molecular complexity index is 448. The minimum absolute atomic E-state index is 0.0733. The van der Waals surface area contributed by atoms with Gasteiger partial charge in [-0.15, -0.1) is 0 Å². The molecule has 2 aliphatic heterocycles. The van der Waals surface area contributed by atoms with Crippen molar-refractivity contribution in [2.45, 2.75) is 18.9 Å². The van der Waals surface area contributed by atoms with Gasteiger partial charge < -0.3 is 16.0 Å². The number of nitrogens with zero attached hydrogens (tertiary/aromatic N) is 1. The molecule has 3 atom stereocenters. The Morgan fingerprint density at radius 2 is 1.75 bits per heavy atom. The van der Waals surface area contributed by atoms with E-state index in [2.05, 4.69) is 5.32 Å². The standard InChI is InChI=1S/C16H23N3O/c17-15(12-4-2-1-3-5-12)16(20)19-8-6-13-10-18-11-14(13)7-9-19/h1-5,13-15,18H,6-11,17H2/t13-,14+,15?. The Balaban J connectivity index is 1.65. The van der Waals surface area contributed by atoms with Crippen LogP contribution in [0.5, 0.6) is 0 Å². The molecule has 4 heteroatoms. The van der Waals surface area contributed by atoms with Crippen LogP contribution in [0.15, 0.2) is 30.3 Å². The maximum absolute atomic E-state index is 12.6. The number of amides is 1. The predicted octanol–water partition coefficient (Wildman–Crippen LogP) is 1.14. The summed E-state index contributed by atoms with van der Waals surface area (Å²) in [7, 11) is 0. The Hall–Kier alpha value is -1.39. The molecular formula is C16H23N3O. The predicted molar refractivity (Wildman–Crippen MR) is 79.0 cm³/mol. The van der Waals surface area contributed by atoms with Crippen molar-refractivity contribution in [1.29, 1.82) is 0 Å². The fraction of sp³-hybridized carbons (Fsp3) is 0.562. The molecule has 2 heterocycles. The maximum Gasteiger partial charge on any atom is 0.244 e. The van der Waals surface area contributed by atoms with E-state index >= 15 is 0 Å². The normalized spacial score (nSPS) is 27.8. The fourth-order valence-corrected chi connectivity index (χ4v) is 3.44. The van der Waals surface area contributed by atoms with E-state index in [1.807, 2.05) is 35.2 Å². The third-order valence-electron chi connectivity index (χ3n) is 4.76. The zero-order valence-electron chi connectivity index (χ0n) is 11.8. The summed E-state index contributed by atoms with van der Waals surface area (Å²) in [6.07, 6.45) is 2.20. The van der Waals surface area contributed by atoms with E-state index in [0.717, 1.165) is 56.4 Å². The lowest BCUT2D eigenvalue weighted by atomic mass is 9.92. The number of hydrogen-bond acceptors (Lipinski definition) is 3. The molecule has 0 bridgehead atoms. The van der Waals surface area contributed by atoms with Crippen LogP contribution in [0.1, 0.15) is 24.4 Å². The van der Waals surface area contributed by atoms with Crippen LogP contribution >= 0.6 is 0 Å². The summed E-state index contributed by atoms with van der Waals surface area (Å²) in [5.74, 6) is 1.55. The number of nitrogens with two attached hydrogens (primary N) is 1. The molecule has 1 aromatic carbocycles. The molecule has 2 aliphatic rings. The van der Waals surface area contributed by atoms with E-state index in [1.54, 1.807) is 0 Å². The molecule has 0 spiro atoms. The molecule has 0 aliphatic carbocycles. The number of carbonyl (C=O) groups is 1. The van der Waals surface area contributed by atoms with E-state index < -0.39 is 6.04 Å². The molecule has 1 aromatic rings. The van der Waals surface area contributed by atoms with Crippen molar-refractivity contribution in [3.63, 3.8) is 0 Å². The van der Waals surface area contributed by atoms with Gasteiger partial charge in [-0.05, 0) is 43.3 Å². The summed E-state index contributed by atoms with van der Waals surface area (Å²) in [6, 6.07) is 9.15. The van der Waals surface area contributed by atoms with Crippen LogP contribution in [0.25, 0.3) is 0 Å². The van der Waals surface area contributed by atoms with Crippen molar-refractivity contribution in [3.8, 4) is 0 Å². The van der Waals surface area contributed by atoms with Gasteiger partial charge in [0.05, 0.1) is 0 Å². The Kier molecular flexibility index (Phi) is 4.03. The molecule has 0 saturated carbocycles. The van der Waals surface area contributed by atoms with Gasteiger partial charge in [0.1, 0.15) is 6.04 Å². The zero-order valence-corrected chi connectivity index (χ0v) is 11.8. The van der Waals surface area contributed by atoms with Gasteiger partial charge in [-0.3, -0.25) is 4.79 Å². The van der Waals surface area contributed by atoms with E-state index in [4.69, 9.17) is 5.73 Å². The third-order valence-corrected chi connectivity index (χ3v) is 4.76. The summed E-state index contributed by atoms with van der Waals surface area (Å²) >= 11 is 0. The largest absolute Gasteiger partial charge is 0.341 e. The van der Waals surface area contributed by atoms with Crippen LogP contribution in [0, 0.1) is 11.8 Å². The molecule has 0 aromatic heterocycles. The number of fused-ring (bicyclic) bond motifs is 1. The first-order valence-electron chi connectivity index (χ1n) is 7.55. The smallest absolute Gasteiger partial charge is 0.244 e. The summed E-state index contributed by atoms with van der Waals surface area (Å²) in [6.45, 7) is 3.92. The first kappa shape index (κ1) is 13.6. The number of hydrogen-bond donors (Lipinski definition) is 2. The Morgan fingerprint density at radius 1 is 1.15 bits per heavy atom. The average molecular weight is 273 g/mol. The molecule has 1 amide bonds. The summed E-state index contributed by atoms with van der Waals surface area (Å²) in [5, 5.41) is 3.46. The van der Waals surface area contributed by atoms with Gasteiger partial charge in [0.2, 0.25) is 5.91 Å². The van der Waals surface area contributed by atoms with Crippen molar-refractivity contribution in [2.75, 3.05) is 26.2 Å². The molecule has 1 unspecified atom stereocenters. The monoisotopic (exact) mass is 273 g/mol. The Morgan fingerprint density at radius 3 is 2.35 bits per heavy atom. The highest BCUT2D eigenvalue weighted by atomic mass is 16.2. The first-order valence-corrected chi connectivity index (χ1v) is 7.55. The third kappa shape index (κ3) is 2.72. The minimum Gasteiger partial charge on any atom is -0.341 e. The van der Waals surface area contributed by atoms with Crippen molar-refractivity contribution >= 4 is 5.91 Å². The molecule has 2 fully saturated rings. The number of nitrogens with one attached hydrogen (secondary N) is 1. The lowest BCUT2D eigenvalue weighted by Crippen LogP contribution is -2.39. The highest BCUT2D eigenvalue weighted by molar-refractivity contribution is 5.83. The van der Waals surface area contributed by atoms with Gasteiger partial charge in [0, 0.05) is 13.1 Å². The van der Waals surface area contributed by atoms with Crippen LogP contribution in [-0.4, -0.2) is 37.0 Å². The average Bonchev–Trinajstić information content (AvgIpc) is 2.85. The number of rotatable bonds is 2. The minimum atomic E-state index is -0.521. The van der Waals surface area contributed by atoms with Crippen molar-refractivity contribution in [1.82, 2.24) is 10.2 Å². The summed E-state index contributed by atoms with van der Waals surface area (Å²) in [5.41, 5.74) is 7.04. The van der Waals surface area contributed by atoms with Crippen LogP contribution in [0.4, 0.5) is 0 Å². The second-order valence-corrected chi connectivity index (χ2v) is 5.97. The van der Waals surface area contributed by atoms with Gasteiger partial charge in [-0.1, -0.05) is 30.3 Å². The lowest BCUT2D eigenvalue weighted by Gasteiger charge is -2.24.